The van der Waals surface area contributed by atoms with Gasteiger partial charge in [-0.1, -0.05) is 30.3 Å². The first-order chi connectivity index (χ1) is 12.9. The van der Waals surface area contributed by atoms with Crippen molar-refractivity contribution < 1.29 is 14.5 Å². The molecule has 0 aliphatic carbocycles. The van der Waals surface area contributed by atoms with Crippen LogP contribution < -0.4 is 10.6 Å². The first-order valence-corrected chi connectivity index (χ1v) is 8.82. The van der Waals surface area contributed by atoms with Gasteiger partial charge >= 0.3 is 0 Å². The highest BCUT2D eigenvalue weighted by Crippen LogP contribution is 2.35. The van der Waals surface area contributed by atoms with Crippen molar-refractivity contribution in [2.45, 2.75) is 25.8 Å². The van der Waals surface area contributed by atoms with Crippen LogP contribution in [0.4, 0.5) is 11.4 Å². The topological polar surface area (TPSA) is 107 Å². The predicted molar refractivity (Wildman–Crippen MR) is 102 cm³/mol. The molecule has 1 heterocycles. The van der Waals surface area contributed by atoms with Crippen LogP contribution in [0.3, 0.4) is 0 Å². The molecule has 27 heavy (non-hydrogen) atoms. The number of carbonyl (C=O) groups excluding carboxylic acids is 2. The molecule has 140 valence electrons. The quantitative estimate of drug-likeness (QED) is 0.497. The van der Waals surface area contributed by atoms with Gasteiger partial charge in [-0.3, -0.25) is 19.7 Å². The summed E-state index contributed by atoms with van der Waals surface area (Å²) in [6.07, 6.45) is 1.39. The van der Waals surface area contributed by atoms with E-state index in [-0.39, 0.29) is 29.0 Å². The molecule has 0 radical (unpaired) electrons. The van der Waals surface area contributed by atoms with E-state index in [2.05, 4.69) is 0 Å². The second-order valence-corrected chi connectivity index (χ2v) is 6.83. The molecule has 0 bridgehead atoms. The Labute approximate surface area is 156 Å². The molecule has 1 fully saturated rings. The van der Waals surface area contributed by atoms with Crippen LogP contribution >= 0.6 is 0 Å². The number of hydrogen-bond donors (Lipinski definition) is 1. The Morgan fingerprint density at radius 1 is 1.11 bits per heavy atom. The van der Waals surface area contributed by atoms with E-state index in [1.165, 1.54) is 6.07 Å². The number of benzene rings is 2. The number of anilines is 1. The van der Waals surface area contributed by atoms with E-state index < -0.39 is 10.8 Å². The van der Waals surface area contributed by atoms with Crippen molar-refractivity contribution in [3.05, 3.63) is 69.8 Å². The van der Waals surface area contributed by atoms with E-state index in [1.54, 1.807) is 42.5 Å². The summed E-state index contributed by atoms with van der Waals surface area (Å²) in [7, 11) is 0. The summed E-state index contributed by atoms with van der Waals surface area (Å²) in [4.78, 5) is 37.2. The Kier molecular flexibility index (Phi) is 5.21. The maximum atomic E-state index is 12.6. The van der Waals surface area contributed by atoms with E-state index in [9.17, 15) is 19.7 Å². The van der Waals surface area contributed by atoms with Gasteiger partial charge in [0, 0.05) is 29.8 Å². The Balaban J connectivity index is 1.98. The van der Waals surface area contributed by atoms with Crippen LogP contribution in [0.2, 0.25) is 0 Å². The number of nitrogens with two attached hydrogens (primary N) is 1. The molecule has 3 rings (SSSR count). The van der Waals surface area contributed by atoms with Crippen LogP contribution in [-0.2, 0) is 4.79 Å². The molecule has 1 saturated heterocycles. The van der Waals surface area contributed by atoms with Crippen LogP contribution in [0.5, 0.6) is 0 Å². The molecular weight excluding hydrogens is 346 g/mol. The summed E-state index contributed by atoms with van der Waals surface area (Å²) in [5.41, 5.74) is 6.42. The zero-order valence-corrected chi connectivity index (χ0v) is 15.0. The van der Waals surface area contributed by atoms with Gasteiger partial charge in [0.1, 0.15) is 5.69 Å². The van der Waals surface area contributed by atoms with Crippen LogP contribution in [0.15, 0.2) is 48.5 Å². The van der Waals surface area contributed by atoms with Crippen LogP contribution in [0.25, 0.3) is 0 Å². The summed E-state index contributed by atoms with van der Waals surface area (Å²) in [6.45, 7) is 2.30. The Bertz CT molecular complexity index is 882. The molecule has 7 nitrogen and oxygen atoms in total. The lowest BCUT2D eigenvalue weighted by atomic mass is 9.92. The number of nitro groups is 1. The summed E-state index contributed by atoms with van der Waals surface area (Å²) >= 11 is 0. The number of amides is 1. The average Bonchev–Trinajstić information content (AvgIpc) is 2.68. The third-order valence-corrected chi connectivity index (χ3v) is 5.06. The largest absolute Gasteiger partial charge is 0.369 e. The second-order valence-electron chi connectivity index (χ2n) is 6.83. The minimum atomic E-state index is -0.488. The first kappa shape index (κ1) is 18.6. The van der Waals surface area contributed by atoms with Crippen molar-refractivity contribution in [1.82, 2.24) is 0 Å². The van der Waals surface area contributed by atoms with Gasteiger partial charge in [-0.05, 0) is 31.9 Å². The zero-order valence-electron chi connectivity index (χ0n) is 15.0. The van der Waals surface area contributed by atoms with Crippen molar-refractivity contribution in [3.63, 3.8) is 0 Å². The van der Waals surface area contributed by atoms with Crippen LogP contribution in [0, 0.1) is 16.0 Å². The van der Waals surface area contributed by atoms with E-state index in [1.807, 2.05) is 11.8 Å². The highest BCUT2D eigenvalue weighted by molar-refractivity contribution is 6.09. The van der Waals surface area contributed by atoms with E-state index in [4.69, 9.17) is 5.73 Å². The maximum absolute atomic E-state index is 12.6. The number of ketones is 1. The lowest BCUT2D eigenvalue weighted by molar-refractivity contribution is -0.384. The second kappa shape index (κ2) is 7.57. The molecule has 2 atom stereocenters. The molecule has 0 spiro atoms. The molecule has 2 aromatic carbocycles. The number of carbonyl (C=O) groups is 2. The van der Waals surface area contributed by atoms with Gasteiger partial charge in [-0.2, -0.15) is 0 Å². The maximum Gasteiger partial charge on any atom is 0.293 e. The number of hydrogen-bond acceptors (Lipinski definition) is 5. The monoisotopic (exact) mass is 367 g/mol. The van der Waals surface area contributed by atoms with Crippen LogP contribution in [0.1, 0.15) is 35.7 Å². The van der Waals surface area contributed by atoms with E-state index in [0.29, 0.717) is 24.2 Å². The molecule has 1 amide bonds. The Morgan fingerprint density at radius 3 is 2.44 bits per heavy atom. The summed E-state index contributed by atoms with van der Waals surface area (Å²) < 4.78 is 0. The van der Waals surface area contributed by atoms with Crippen LogP contribution in [-0.4, -0.2) is 29.2 Å². The number of rotatable bonds is 5. The number of primary amides is 1. The summed E-state index contributed by atoms with van der Waals surface area (Å²) in [6, 6.07) is 13.2. The van der Waals surface area contributed by atoms with Crippen molar-refractivity contribution in [2.24, 2.45) is 11.7 Å². The standard InChI is InChI=1S/C20H21N3O4/c1-13-7-8-16(20(21)25)12-22(13)17-10-9-15(11-18(17)23(26)27)19(24)14-5-3-2-4-6-14/h2-6,9-11,13,16H,7-8,12H2,1H3,(H2,21,25)/t13-,16+/m0/s1. The Morgan fingerprint density at radius 2 is 1.81 bits per heavy atom. The van der Waals surface area contributed by atoms with Gasteiger partial charge in [0.2, 0.25) is 5.91 Å². The SMILES string of the molecule is C[C@H]1CC[C@@H](C(N)=O)CN1c1ccc(C(=O)c2ccccc2)cc1[N+](=O)[O-]. The smallest absolute Gasteiger partial charge is 0.293 e. The third-order valence-electron chi connectivity index (χ3n) is 5.06. The molecule has 2 aromatic rings. The molecule has 0 unspecified atom stereocenters. The number of piperidine rings is 1. The number of nitrogens with zero attached hydrogens (tertiary/aromatic N) is 2. The first-order valence-electron chi connectivity index (χ1n) is 8.82. The van der Waals surface area contributed by atoms with Gasteiger partial charge < -0.3 is 10.6 Å². The molecule has 0 aromatic heterocycles. The lowest BCUT2D eigenvalue weighted by Gasteiger charge is -2.38. The summed E-state index contributed by atoms with van der Waals surface area (Å²) in [5, 5.41) is 11.7. The van der Waals surface area contributed by atoms with E-state index >= 15 is 0 Å². The Hall–Kier alpha value is -3.22. The molecule has 1 aliphatic rings. The molecular formula is C20H21N3O4. The van der Waals surface area contributed by atoms with Gasteiger partial charge in [0.05, 0.1) is 10.8 Å². The fourth-order valence-corrected chi connectivity index (χ4v) is 3.48. The zero-order chi connectivity index (χ0) is 19.6. The van der Waals surface area contributed by atoms with Crippen molar-refractivity contribution in [1.29, 1.82) is 0 Å². The molecule has 1 aliphatic heterocycles. The van der Waals surface area contributed by atoms with Crippen molar-refractivity contribution >= 4 is 23.1 Å². The minimum absolute atomic E-state index is 0.0370. The predicted octanol–water partition coefficient (Wildman–Crippen LogP) is 2.92. The highest BCUT2D eigenvalue weighted by atomic mass is 16.6. The van der Waals surface area contributed by atoms with Crippen molar-refractivity contribution in [2.75, 3.05) is 11.4 Å². The van der Waals surface area contributed by atoms with Gasteiger partial charge in [0.15, 0.2) is 5.78 Å². The van der Waals surface area contributed by atoms with Gasteiger partial charge in [0.25, 0.3) is 5.69 Å². The van der Waals surface area contributed by atoms with Gasteiger partial charge in [-0.15, -0.1) is 0 Å². The lowest BCUT2D eigenvalue weighted by Crippen LogP contribution is -2.46. The third kappa shape index (κ3) is 3.81. The summed E-state index contributed by atoms with van der Waals surface area (Å²) in [5.74, 6) is -1.01. The van der Waals surface area contributed by atoms with Crippen molar-refractivity contribution in [3.8, 4) is 0 Å². The molecule has 2 N–H and O–H groups in total. The molecule has 7 heteroatoms. The highest BCUT2D eigenvalue weighted by Gasteiger charge is 2.32. The average molecular weight is 367 g/mol. The number of nitro benzene ring substituents is 1. The van der Waals surface area contributed by atoms with Gasteiger partial charge in [-0.25, -0.2) is 0 Å². The fourth-order valence-electron chi connectivity index (χ4n) is 3.48. The normalized spacial score (nSPS) is 19.5. The minimum Gasteiger partial charge on any atom is -0.369 e. The molecule has 0 saturated carbocycles. The fraction of sp³-hybridized carbons (Fsp3) is 0.300. The van der Waals surface area contributed by atoms with E-state index in [0.717, 1.165) is 6.42 Å².